The minimum atomic E-state index is -0.215. The molecule has 1 heterocycles. The van der Waals surface area contributed by atoms with E-state index in [1.54, 1.807) is 0 Å². The van der Waals surface area contributed by atoms with E-state index in [9.17, 15) is 9.59 Å². The Morgan fingerprint density at radius 2 is 1.80 bits per heavy atom. The molecule has 72 valence electrons. The molecule has 0 saturated carbocycles. The molecule has 0 bridgehead atoms. The van der Waals surface area contributed by atoms with Crippen molar-refractivity contribution in [2.24, 2.45) is 0 Å². The van der Waals surface area contributed by atoms with Crippen molar-refractivity contribution in [3.63, 3.8) is 0 Å². The van der Waals surface area contributed by atoms with E-state index < -0.39 is 0 Å². The molecule has 1 aliphatic rings. The van der Waals surface area contributed by atoms with Gasteiger partial charge in [0.1, 0.15) is 0 Å². The molecular weight excluding hydrogens is 208 g/mol. The van der Waals surface area contributed by atoms with Gasteiger partial charge in [-0.05, 0) is 6.07 Å². The van der Waals surface area contributed by atoms with Crippen LogP contribution in [0.25, 0.3) is 10.1 Å². The van der Waals surface area contributed by atoms with Crippen LogP contribution in [0.4, 0.5) is 0 Å². The van der Waals surface area contributed by atoms with Gasteiger partial charge in [0.05, 0.1) is 16.0 Å². The van der Waals surface area contributed by atoms with Crippen LogP contribution in [0.1, 0.15) is 20.0 Å². The van der Waals surface area contributed by atoms with Crippen LogP contribution in [-0.4, -0.2) is 11.6 Å². The van der Waals surface area contributed by atoms with Gasteiger partial charge >= 0.3 is 0 Å². The molecular formula is C12H6O2S. The monoisotopic (exact) mass is 214 g/mol. The van der Waals surface area contributed by atoms with Crippen LogP contribution in [0.5, 0.6) is 0 Å². The molecule has 0 fully saturated rings. The van der Waals surface area contributed by atoms with Gasteiger partial charge in [-0.2, -0.15) is 0 Å². The van der Waals surface area contributed by atoms with E-state index in [-0.39, 0.29) is 17.1 Å². The zero-order valence-electron chi connectivity index (χ0n) is 7.74. The van der Waals surface area contributed by atoms with Gasteiger partial charge in [-0.3, -0.25) is 9.59 Å². The highest BCUT2D eigenvalue weighted by Gasteiger charge is 2.35. The number of rotatable bonds is 0. The van der Waals surface area contributed by atoms with Crippen molar-refractivity contribution in [3.8, 4) is 0 Å². The van der Waals surface area contributed by atoms with Gasteiger partial charge < -0.3 is 0 Å². The molecule has 0 saturated heterocycles. The van der Waals surface area contributed by atoms with Gasteiger partial charge in [0.2, 0.25) is 5.78 Å². The molecule has 0 aliphatic heterocycles. The largest absolute Gasteiger partial charge is 0.288 e. The Hall–Kier alpha value is -1.74. The normalized spacial score (nSPS) is 15.1. The van der Waals surface area contributed by atoms with Crippen LogP contribution in [0.15, 0.2) is 36.4 Å². The molecule has 0 atom stereocenters. The van der Waals surface area contributed by atoms with E-state index in [4.69, 9.17) is 0 Å². The average Bonchev–Trinajstić information content (AvgIpc) is 2.72. The highest BCUT2D eigenvalue weighted by molar-refractivity contribution is 7.22. The number of benzene rings is 1. The molecule has 0 unspecified atom stereocenters. The second kappa shape index (κ2) is 2.64. The van der Waals surface area contributed by atoms with Crippen LogP contribution in [0.2, 0.25) is 0 Å². The first-order chi connectivity index (χ1) is 7.20. The number of allylic oxidation sites excluding steroid dienone is 1. The van der Waals surface area contributed by atoms with Crippen LogP contribution in [0, 0.1) is 0 Å². The van der Waals surface area contributed by atoms with Crippen LogP contribution in [0.3, 0.4) is 0 Å². The zero-order chi connectivity index (χ0) is 10.6. The van der Waals surface area contributed by atoms with E-state index in [2.05, 4.69) is 6.58 Å². The predicted octanol–water partition coefficient (Wildman–Crippen LogP) is 2.84. The molecule has 1 aromatic carbocycles. The van der Waals surface area contributed by atoms with E-state index in [1.165, 1.54) is 11.3 Å². The smallest absolute Gasteiger partial charge is 0.207 e. The lowest BCUT2D eigenvalue weighted by Crippen LogP contribution is -1.98. The first kappa shape index (κ1) is 8.56. The summed E-state index contributed by atoms with van der Waals surface area (Å²) in [5.74, 6) is -0.427. The second-order valence-electron chi connectivity index (χ2n) is 3.44. The fraction of sp³-hybridized carbons (Fsp3) is 0. The van der Waals surface area contributed by atoms with Crippen molar-refractivity contribution in [2.75, 3.05) is 0 Å². The molecule has 2 aromatic rings. The molecule has 0 spiro atoms. The number of thiophene rings is 1. The van der Waals surface area contributed by atoms with Gasteiger partial charge in [-0.15, -0.1) is 11.3 Å². The van der Waals surface area contributed by atoms with Gasteiger partial charge in [-0.1, -0.05) is 24.8 Å². The quantitative estimate of drug-likeness (QED) is 0.499. The summed E-state index contributed by atoms with van der Waals surface area (Å²) in [6.07, 6.45) is 0. The maximum Gasteiger partial charge on any atom is 0.207 e. The third-order valence-electron chi connectivity index (χ3n) is 2.58. The Balaban J connectivity index is 2.49. The number of carbonyl (C=O) groups is 2. The Morgan fingerprint density at radius 3 is 2.60 bits per heavy atom. The molecule has 3 rings (SSSR count). The summed E-state index contributed by atoms with van der Waals surface area (Å²) in [4.78, 5) is 24.0. The lowest BCUT2D eigenvalue weighted by Gasteiger charge is -1.92. The van der Waals surface area contributed by atoms with Crippen LogP contribution >= 0.6 is 11.3 Å². The summed E-state index contributed by atoms with van der Waals surface area (Å²) in [5.41, 5.74) is 0.646. The summed E-state index contributed by atoms with van der Waals surface area (Å²) >= 11 is 1.37. The summed E-state index contributed by atoms with van der Waals surface area (Å²) in [7, 11) is 0. The molecule has 1 aromatic heterocycles. The third kappa shape index (κ3) is 0.930. The van der Waals surface area contributed by atoms with Crippen molar-refractivity contribution in [1.82, 2.24) is 0 Å². The van der Waals surface area contributed by atoms with E-state index >= 15 is 0 Å². The third-order valence-corrected chi connectivity index (χ3v) is 3.75. The molecule has 1 aliphatic carbocycles. The summed E-state index contributed by atoms with van der Waals surface area (Å²) < 4.78 is 0.983. The van der Waals surface area contributed by atoms with Crippen molar-refractivity contribution >= 4 is 33.0 Å². The molecule has 3 heteroatoms. The second-order valence-corrected chi connectivity index (χ2v) is 4.49. The maximum atomic E-state index is 11.8. The first-order valence-electron chi connectivity index (χ1n) is 4.50. The highest BCUT2D eigenvalue weighted by atomic mass is 32.1. The fourth-order valence-corrected chi connectivity index (χ4v) is 2.99. The van der Waals surface area contributed by atoms with E-state index in [0.717, 1.165) is 10.1 Å². The predicted molar refractivity (Wildman–Crippen MR) is 59.6 cm³/mol. The van der Waals surface area contributed by atoms with E-state index in [0.29, 0.717) is 10.4 Å². The Kier molecular flexibility index (Phi) is 1.51. The highest BCUT2D eigenvalue weighted by Crippen LogP contribution is 2.38. The number of carbonyl (C=O) groups excluding carboxylic acids is 2. The van der Waals surface area contributed by atoms with Gasteiger partial charge in [0, 0.05) is 10.1 Å². The van der Waals surface area contributed by atoms with Crippen molar-refractivity contribution in [1.29, 1.82) is 0 Å². The minimum absolute atomic E-state index is 0.0991. The van der Waals surface area contributed by atoms with Crippen molar-refractivity contribution in [2.45, 2.75) is 0 Å². The molecule has 0 N–H and O–H groups in total. The topological polar surface area (TPSA) is 34.1 Å². The number of Topliss-reactive ketones (excluding diaryl/α,β-unsaturated/α-hetero) is 2. The lowest BCUT2D eigenvalue weighted by atomic mass is 10.1. The van der Waals surface area contributed by atoms with E-state index in [1.807, 2.05) is 24.3 Å². The van der Waals surface area contributed by atoms with Crippen molar-refractivity contribution < 1.29 is 9.59 Å². The number of fused-ring (bicyclic) bond motifs is 3. The summed E-state index contributed by atoms with van der Waals surface area (Å²) in [5, 5.41) is 0.870. The van der Waals surface area contributed by atoms with Crippen LogP contribution < -0.4 is 0 Å². The molecule has 0 amide bonds. The number of hydrogen-bond donors (Lipinski definition) is 0. The SMILES string of the molecule is C=C1C(=O)c2sc3ccccc3c2C1=O. The van der Waals surface area contributed by atoms with Crippen molar-refractivity contribution in [3.05, 3.63) is 46.9 Å². The minimum Gasteiger partial charge on any atom is -0.288 e. The Morgan fingerprint density at radius 1 is 1.07 bits per heavy atom. The van der Waals surface area contributed by atoms with Gasteiger partial charge in [-0.25, -0.2) is 0 Å². The average molecular weight is 214 g/mol. The first-order valence-corrected chi connectivity index (χ1v) is 5.31. The molecule has 15 heavy (non-hydrogen) atoms. The Labute approximate surface area is 89.8 Å². The van der Waals surface area contributed by atoms with Crippen LogP contribution in [-0.2, 0) is 0 Å². The maximum absolute atomic E-state index is 11.8. The summed E-state index contributed by atoms with van der Waals surface area (Å²) in [6.45, 7) is 3.52. The number of hydrogen-bond acceptors (Lipinski definition) is 3. The molecule has 0 radical (unpaired) electrons. The van der Waals surface area contributed by atoms with Gasteiger partial charge in [0.15, 0.2) is 5.78 Å². The molecule has 2 nitrogen and oxygen atoms in total. The fourth-order valence-electron chi connectivity index (χ4n) is 1.82. The standard InChI is InChI=1S/C12H6O2S/c1-6-10(13)9-7-4-2-3-5-8(7)15-12(9)11(6)14/h2-5H,1H2. The Bertz CT molecular complexity index is 634. The zero-order valence-corrected chi connectivity index (χ0v) is 8.56. The van der Waals surface area contributed by atoms with Gasteiger partial charge in [0.25, 0.3) is 0 Å². The summed E-state index contributed by atoms with van der Waals surface area (Å²) in [6, 6.07) is 7.56. The number of ketones is 2. The lowest BCUT2D eigenvalue weighted by molar-refractivity contribution is 0.0991.